The number of aryl methyl sites for hydroxylation is 1. The zero-order chi connectivity index (χ0) is 16.2. The van der Waals surface area contributed by atoms with Crippen LogP contribution in [0.15, 0.2) is 28.9 Å². The van der Waals surface area contributed by atoms with Crippen molar-refractivity contribution in [3.8, 4) is 5.88 Å². The van der Waals surface area contributed by atoms with Gasteiger partial charge in [0.05, 0.1) is 18.5 Å². The number of nitrogens with zero attached hydrogens (tertiary/aromatic N) is 4. The van der Waals surface area contributed by atoms with E-state index in [1.54, 1.807) is 13.4 Å². The minimum Gasteiger partial charge on any atom is -0.481 e. The Morgan fingerprint density at radius 2 is 2.09 bits per heavy atom. The van der Waals surface area contributed by atoms with Crippen molar-refractivity contribution in [3.63, 3.8) is 0 Å². The predicted octanol–water partition coefficient (Wildman–Crippen LogP) is 2.09. The van der Waals surface area contributed by atoms with E-state index in [1.807, 2.05) is 19.1 Å². The highest BCUT2D eigenvalue weighted by molar-refractivity contribution is 5.15. The molecule has 1 unspecified atom stereocenters. The first-order valence-electron chi connectivity index (χ1n) is 8.01. The second-order valence-electron chi connectivity index (χ2n) is 6.08. The number of aromatic nitrogens is 2. The lowest BCUT2D eigenvalue weighted by Gasteiger charge is -2.39. The summed E-state index contributed by atoms with van der Waals surface area (Å²) in [6.07, 6.45) is 1.76. The molecule has 3 heterocycles. The molecule has 3 rings (SSSR count). The van der Waals surface area contributed by atoms with Gasteiger partial charge in [-0.2, -0.15) is 0 Å². The van der Waals surface area contributed by atoms with Gasteiger partial charge >= 0.3 is 0 Å². The van der Waals surface area contributed by atoms with Crippen LogP contribution in [0.5, 0.6) is 5.88 Å². The van der Waals surface area contributed by atoms with E-state index in [1.165, 1.54) is 0 Å². The Morgan fingerprint density at radius 3 is 2.78 bits per heavy atom. The minimum absolute atomic E-state index is 0.477. The molecule has 2 aromatic heterocycles. The Bertz CT molecular complexity index is 643. The van der Waals surface area contributed by atoms with Gasteiger partial charge in [0, 0.05) is 51.8 Å². The number of ether oxygens (including phenoxy) is 1. The van der Waals surface area contributed by atoms with Crippen molar-refractivity contribution < 1.29 is 9.15 Å². The van der Waals surface area contributed by atoms with Crippen molar-refractivity contribution >= 4 is 0 Å². The van der Waals surface area contributed by atoms with Crippen LogP contribution in [0.4, 0.5) is 0 Å². The number of hydrogen-bond donors (Lipinski definition) is 0. The average Bonchev–Trinajstić information content (AvgIpc) is 2.95. The molecule has 1 aliphatic heterocycles. The number of methoxy groups -OCH3 is 1. The molecule has 1 aliphatic rings. The summed E-state index contributed by atoms with van der Waals surface area (Å²) >= 11 is 0. The molecule has 0 aliphatic carbocycles. The number of oxazole rings is 1. The van der Waals surface area contributed by atoms with Crippen molar-refractivity contribution in [2.45, 2.75) is 33.0 Å². The summed E-state index contributed by atoms with van der Waals surface area (Å²) in [5.41, 5.74) is 2.06. The quantitative estimate of drug-likeness (QED) is 0.842. The SMILES string of the molecule is COc1cccc(CN2CCN(Cc3coc(C)n3)CC2C)n1. The topological polar surface area (TPSA) is 54.6 Å². The van der Waals surface area contributed by atoms with Gasteiger partial charge < -0.3 is 9.15 Å². The van der Waals surface area contributed by atoms with Crippen LogP contribution in [-0.2, 0) is 13.1 Å². The summed E-state index contributed by atoms with van der Waals surface area (Å²) in [4.78, 5) is 13.8. The summed E-state index contributed by atoms with van der Waals surface area (Å²) in [6.45, 7) is 8.93. The van der Waals surface area contributed by atoms with E-state index in [0.717, 1.165) is 50.0 Å². The van der Waals surface area contributed by atoms with Gasteiger partial charge in [-0.25, -0.2) is 9.97 Å². The van der Waals surface area contributed by atoms with Gasteiger partial charge in [-0.05, 0) is 13.0 Å². The maximum atomic E-state index is 5.29. The molecular weight excluding hydrogens is 292 g/mol. The first-order chi connectivity index (χ1) is 11.1. The average molecular weight is 316 g/mol. The molecule has 0 spiro atoms. The largest absolute Gasteiger partial charge is 0.481 e. The lowest BCUT2D eigenvalue weighted by atomic mass is 10.1. The lowest BCUT2D eigenvalue weighted by Crippen LogP contribution is -2.51. The summed E-state index contributed by atoms with van der Waals surface area (Å²) in [6, 6.07) is 6.41. The Morgan fingerprint density at radius 1 is 1.22 bits per heavy atom. The number of hydrogen-bond acceptors (Lipinski definition) is 6. The third kappa shape index (κ3) is 4.09. The maximum Gasteiger partial charge on any atom is 0.213 e. The first kappa shape index (κ1) is 16.0. The van der Waals surface area contributed by atoms with E-state index in [2.05, 4.69) is 32.8 Å². The van der Waals surface area contributed by atoms with E-state index in [0.29, 0.717) is 11.9 Å². The maximum absolute atomic E-state index is 5.29. The Kier molecular flexibility index (Phi) is 4.93. The molecule has 124 valence electrons. The molecular formula is C17H24N4O2. The number of pyridine rings is 1. The van der Waals surface area contributed by atoms with Crippen LogP contribution in [0.3, 0.4) is 0 Å². The zero-order valence-electron chi connectivity index (χ0n) is 14.0. The van der Waals surface area contributed by atoms with Crippen LogP contribution in [0.25, 0.3) is 0 Å². The molecule has 1 saturated heterocycles. The number of piperazine rings is 1. The monoisotopic (exact) mass is 316 g/mol. The van der Waals surface area contributed by atoms with Crippen LogP contribution in [0.2, 0.25) is 0 Å². The molecule has 0 bridgehead atoms. The fraction of sp³-hybridized carbons (Fsp3) is 0.529. The highest BCUT2D eigenvalue weighted by Crippen LogP contribution is 2.16. The van der Waals surface area contributed by atoms with Crippen molar-refractivity contribution in [3.05, 3.63) is 41.7 Å². The third-order valence-electron chi connectivity index (χ3n) is 4.26. The van der Waals surface area contributed by atoms with Gasteiger partial charge in [-0.1, -0.05) is 6.07 Å². The van der Waals surface area contributed by atoms with Crippen LogP contribution in [0, 0.1) is 6.92 Å². The smallest absolute Gasteiger partial charge is 0.213 e. The Hall–Kier alpha value is -1.92. The van der Waals surface area contributed by atoms with E-state index >= 15 is 0 Å². The molecule has 6 heteroatoms. The molecule has 0 saturated carbocycles. The second-order valence-corrected chi connectivity index (χ2v) is 6.08. The van der Waals surface area contributed by atoms with Crippen LogP contribution < -0.4 is 4.74 Å². The molecule has 1 atom stereocenters. The third-order valence-corrected chi connectivity index (χ3v) is 4.26. The minimum atomic E-state index is 0.477. The van der Waals surface area contributed by atoms with Gasteiger partial charge in [-0.3, -0.25) is 9.80 Å². The lowest BCUT2D eigenvalue weighted by molar-refractivity contribution is 0.0715. The van der Waals surface area contributed by atoms with Crippen LogP contribution in [0.1, 0.15) is 24.2 Å². The van der Waals surface area contributed by atoms with Gasteiger partial charge in [0.15, 0.2) is 5.89 Å². The second kappa shape index (κ2) is 7.10. The zero-order valence-corrected chi connectivity index (χ0v) is 14.0. The summed E-state index contributed by atoms with van der Waals surface area (Å²) in [7, 11) is 1.65. The van der Waals surface area contributed by atoms with Gasteiger partial charge in [0.2, 0.25) is 5.88 Å². The fourth-order valence-corrected chi connectivity index (χ4v) is 3.03. The van der Waals surface area contributed by atoms with E-state index in [-0.39, 0.29) is 0 Å². The number of rotatable bonds is 5. The highest BCUT2D eigenvalue weighted by atomic mass is 16.5. The Labute approximate surface area is 137 Å². The van der Waals surface area contributed by atoms with E-state index < -0.39 is 0 Å². The van der Waals surface area contributed by atoms with Crippen molar-refractivity contribution in [2.24, 2.45) is 0 Å². The van der Waals surface area contributed by atoms with Crippen molar-refractivity contribution in [1.29, 1.82) is 0 Å². The van der Waals surface area contributed by atoms with Crippen LogP contribution in [-0.4, -0.2) is 52.6 Å². The van der Waals surface area contributed by atoms with Crippen LogP contribution >= 0.6 is 0 Å². The summed E-state index contributed by atoms with van der Waals surface area (Å²) in [5, 5.41) is 0. The van der Waals surface area contributed by atoms with E-state index in [9.17, 15) is 0 Å². The molecule has 2 aromatic rings. The molecule has 0 aromatic carbocycles. The molecule has 0 amide bonds. The highest BCUT2D eigenvalue weighted by Gasteiger charge is 2.24. The van der Waals surface area contributed by atoms with Gasteiger partial charge in [-0.15, -0.1) is 0 Å². The van der Waals surface area contributed by atoms with Crippen molar-refractivity contribution in [1.82, 2.24) is 19.8 Å². The van der Waals surface area contributed by atoms with E-state index in [4.69, 9.17) is 9.15 Å². The Balaban J connectivity index is 1.55. The predicted molar refractivity (Wildman–Crippen MR) is 87.2 cm³/mol. The summed E-state index contributed by atoms with van der Waals surface area (Å²) < 4.78 is 10.5. The molecule has 0 N–H and O–H groups in total. The van der Waals surface area contributed by atoms with Gasteiger partial charge in [0.1, 0.15) is 6.26 Å². The fourth-order valence-electron chi connectivity index (χ4n) is 3.03. The van der Waals surface area contributed by atoms with Gasteiger partial charge in [0.25, 0.3) is 0 Å². The normalized spacial score (nSPS) is 19.9. The first-order valence-corrected chi connectivity index (χ1v) is 8.01. The molecule has 1 fully saturated rings. The molecule has 6 nitrogen and oxygen atoms in total. The standard InChI is InChI=1S/C17H24N4O2/c1-13-9-20(10-16-12-23-14(2)18-16)7-8-21(13)11-15-5-4-6-17(19-15)22-3/h4-6,12-13H,7-11H2,1-3H3. The van der Waals surface area contributed by atoms with Crippen molar-refractivity contribution in [2.75, 3.05) is 26.7 Å². The molecule has 0 radical (unpaired) electrons. The molecule has 23 heavy (non-hydrogen) atoms. The summed E-state index contributed by atoms with van der Waals surface area (Å²) in [5.74, 6) is 1.41.